The molecule has 0 fully saturated rings. The van der Waals surface area contributed by atoms with Gasteiger partial charge in [-0.3, -0.25) is 0 Å². The van der Waals surface area contributed by atoms with E-state index >= 15 is 0 Å². The van der Waals surface area contributed by atoms with Crippen LogP contribution in [0.5, 0.6) is 0 Å². The second-order valence-corrected chi connectivity index (χ2v) is 5.45. The summed E-state index contributed by atoms with van der Waals surface area (Å²) in [5.41, 5.74) is 2.05. The van der Waals surface area contributed by atoms with E-state index in [9.17, 15) is 5.11 Å². The summed E-state index contributed by atoms with van der Waals surface area (Å²) < 4.78 is -0.360. The van der Waals surface area contributed by atoms with Gasteiger partial charge in [0.1, 0.15) is 5.76 Å². The van der Waals surface area contributed by atoms with Gasteiger partial charge in [0.2, 0.25) is 0 Å². The Bertz CT molecular complexity index is 363. The van der Waals surface area contributed by atoms with E-state index in [2.05, 4.69) is 13.2 Å². The Kier molecular flexibility index (Phi) is 3.50. The highest BCUT2D eigenvalue weighted by Gasteiger charge is 2.37. The summed E-state index contributed by atoms with van der Waals surface area (Å²) in [5, 5.41) is 10.1. The van der Waals surface area contributed by atoms with E-state index in [-0.39, 0.29) is 4.75 Å². The molecular weight excluding hydrogens is 204 g/mol. The fourth-order valence-corrected chi connectivity index (χ4v) is 3.09. The van der Waals surface area contributed by atoms with E-state index in [0.717, 1.165) is 22.5 Å². The molecule has 0 bridgehead atoms. The zero-order valence-corrected chi connectivity index (χ0v) is 10.4. The number of aliphatic hydroxyl groups excluding tert-OH is 1. The Balaban J connectivity index is 3.14. The summed E-state index contributed by atoms with van der Waals surface area (Å²) in [6.45, 7) is 13.7. The lowest BCUT2D eigenvalue weighted by molar-refractivity contribution is 0.374. The lowest BCUT2D eigenvalue weighted by Crippen LogP contribution is -2.17. The lowest BCUT2D eigenvalue weighted by Gasteiger charge is -2.19. The fourth-order valence-electron chi connectivity index (χ4n) is 1.75. The standard InChI is InChI=1S/C13H18OS/c1-6-9(3)8-13(5)12(14)11(7-2)10(4)15-13/h6,8,14H,1,4,7H2,2-3,5H3. The highest BCUT2D eigenvalue weighted by molar-refractivity contribution is 8.05. The number of thioether (sulfide) groups is 1. The lowest BCUT2D eigenvalue weighted by atomic mass is 10.00. The molecule has 82 valence electrons. The number of hydrogen-bond donors (Lipinski definition) is 1. The molecule has 0 saturated carbocycles. The van der Waals surface area contributed by atoms with Crippen molar-refractivity contribution in [1.29, 1.82) is 0 Å². The molecule has 1 unspecified atom stereocenters. The number of allylic oxidation sites excluding steroid dienone is 3. The van der Waals surface area contributed by atoms with Crippen LogP contribution in [0.3, 0.4) is 0 Å². The molecule has 1 aliphatic heterocycles. The second-order valence-electron chi connectivity index (χ2n) is 3.91. The van der Waals surface area contributed by atoms with Crippen LogP contribution < -0.4 is 0 Å². The molecule has 0 amide bonds. The van der Waals surface area contributed by atoms with Gasteiger partial charge >= 0.3 is 0 Å². The molecule has 1 rings (SSSR count). The largest absolute Gasteiger partial charge is 0.510 e. The van der Waals surface area contributed by atoms with Crippen LogP contribution in [-0.4, -0.2) is 9.85 Å². The summed E-state index contributed by atoms with van der Waals surface area (Å²) in [4.78, 5) is 0.977. The summed E-state index contributed by atoms with van der Waals surface area (Å²) in [7, 11) is 0. The highest BCUT2D eigenvalue weighted by atomic mass is 32.2. The van der Waals surface area contributed by atoms with Crippen LogP contribution in [-0.2, 0) is 0 Å². The van der Waals surface area contributed by atoms with Gasteiger partial charge in [-0.1, -0.05) is 37.8 Å². The van der Waals surface area contributed by atoms with Gasteiger partial charge in [0.25, 0.3) is 0 Å². The number of rotatable bonds is 3. The maximum absolute atomic E-state index is 10.1. The van der Waals surface area contributed by atoms with Crippen molar-refractivity contribution in [1.82, 2.24) is 0 Å². The molecule has 0 spiro atoms. The normalized spacial score (nSPS) is 27.4. The van der Waals surface area contributed by atoms with Gasteiger partial charge in [0.05, 0.1) is 4.75 Å². The highest BCUT2D eigenvalue weighted by Crippen LogP contribution is 2.50. The first kappa shape index (κ1) is 12.2. The molecule has 0 saturated heterocycles. The number of aliphatic hydroxyl groups is 1. The van der Waals surface area contributed by atoms with Crippen molar-refractivity contribution in [2.45, 2.75) is 31.9 Å². The Morgan fingerprint density at radius 2 is 2.20 bits per heavy atom. The van der Waals surface area contributed by atoms with Crippen LogP contribution in [0.15, 0.2) is 47.1 Å². The van der Waals surface area contributed by atoms with Crippen molar-refractivity contribution in [2.75, 3.05) is 0 Å². The van der Waals surface area contributed by atoms with E-state index in [1.165, 1.54) is 0 Å². The molecule has 0 aliphatic carbocycles. The molecule has 1 aliphatic rings. The number of hydrogen-bond acceptors (Lipinski definition) is 2. The van der Waals surface area contributed by atoms with Crippen LogP contribution >= 0.6 is 11.8 Å². The van der Waals surface area contributed by atoms with Crippen LogP contribution in [0.4, 0.5) is 0 Å². The van der Waals surface area contributed by atoms with Gasteiger partial charge < -0.3 is 5.11 Å². The van der Waals surface area contributed by atoms with E-state index in [1.807, 2.05) is 26.8 Å². The zero-order valence-electron chi connectivity index (χ0n) is 9.63. The van der Waals surface area contributed by atoms with Crippen molar-refractivity contribution in [3.05, 3.63) is 47.1 Å². The van der Waals surface area contributed by atoms with E-state index in [0.29, 0.717) is 5.76 Å². The van der Waals surface area contributed by atoms with Crippen LogP contribution in [0.1, 0.15) is 27.2 Å². The monoisotopic (exact) mass is 222 g/mol. The third-order valence-corrected chi connectivity index (χ3v) is 3.83. The fraction of sp³-hybridized carbons (Fsp3) is 0.385. The summed E-state index contributed by atoms with van der Waals surface area (Å²) >= 11 is 1.61. The van der Waals surface area contributed by atoms with Crippen LogP contribution in [0.25, 0.3) is 0 Å². The molecule has 1 nitrogen and oxygen atoms in total. The van der Waals surface area contributed by atoms with Gasteiger partial charge in [0.15, 0.2) is 0 Å². The maximum Gasteiger partial charge on any atom is 0.116 e. The van der Waals surface area contributed by atoms with Crippen molar-refractivity contribution in [3.8, 4) is 0 Å². The summed E-state index contributed by atoms with van der Waals surface area (Å²) in [6, 6.07) is 0. The Morgan fingerprint density at radius 3 is 2.60 bits per heavy atom. The molecule has 0 aromatic heterocycles. The molecule has 1 heterocycles. The van der Waals surface area contributed by atoms with Crippen molar-refractivity contribution >= 4 is 11.8 Å². The van der Waals surface area contributed by atoms with E-state index in [4.69, 9.17) is 0 Å². The van der Waals surface area contributed by atoms with E-state index < -0.39 is 0 Å². The minimum absolute atomic E-state index is 0.360. The maximum atomic E-state index is 10.1. The molecule has 15 heavy (non-hydrogen) atoms. The molecule has 1 N–H and O–H groups in total. The zero-order chi connectivity index (χ0) is 11.6. The van der Waals surface area contributed by atoms with Gasteiger partial charge in [-0.25, -0.2) is 0 Å². The first-order valence-electron chi connectivity index (χ1n) is 5.07. The average molecular weight is 222 g/mol. The predicted molar refractivity (Wildman–Crippen MR) is 69.0 cm³/mol. The van der Waals surface area contributed by atoms with Gasteiger partial charge in [-0.15, -0.1) is 11.8 Å². The smallest absolute Gasteiger partial charge is 0.116 e. The SMILES string of the molecule is C=CC(C)=CC1(C)SC(=C)C(CC)=C1O. The minimum atomic E-state index is -0.360. The van der Waals surface area contributed by atoms with Crippen LogP contribution in [0, 0.1) is 0 Å². The first-order valence-corrected chi connectivity index (χ1v) is 5.89. The molecule has 0 radical (unpaired) electrons. The van der Waals surface area contributed by atoms with Gasteiger partial charge in [-0.05, 0) is 20.3 Å². The molecule has 0 aromatic rings. The topological polar surface area (TPSA) is 20.2 Å². The molecule has 1 atom stereocenters. The quantitative estimate of drug-likeness (QED) is 0.716. The molecular formula is C13H18OS. The Hall–Kier alpha value is -0.890. The van der Waals surface area contributed by atoms with Crippen molar-refractivity contribution in [2.24, 2.45) is 0 Å². The van der Waals surface area contributed by atoms with Crippen molar-refractivity contribution in [3.63, 3.8) is 0 Å². The summed E-state index contributed by atoms with van der Waals surface area (Å²) in [5.74, 6) is 0.446. The van der Waals surface area contributed by atoms with Crippen molar-refractivity contribution < 1.29 is 5.11 Å². The molecule has 2 heteroatoms. The Morgan fingerprint density at radius 1 is 1.60 bits per heavy atom. The predicted octanol–water partition coefficient (Wildman–Crippen LogP) is 4.36. The van der Waals surface area contributed by atoms with Gasteiger partial charge in [0, 0.05) is 10.5 Å². The van der Waals surface area contributed by atoms with Crippen LogP contribution in [0.2, 0.25) is 0 Å². The minimum Gasteiger partial charge on any atom is -0.510 e. The average Bonchev–Trinajstić information content (AvgIpc) is 2.37. The Labute approximate surface area is 96.3 Å². The third kappa shape index (κ3) is 2.20. The third-order valence-electron chi connectivity index (χ3n) is 2.61. The second kappa shape index (κ2) is 4.31. The van der Waals surface area contributed by atoms with Gasteiger partial charge in [-0.2, -0.15) is 0 Å². The molecule has 0 aromatic carbocycles. The summed E-state index contributed by atoms with van der Waals surface area (Å²) in [6.07, 6.45) is 4.66. The van der Waals surface area contributed by atoms with E-state index in [1.54, 1.807) is 17.8 Å². The first-order chi connectivity index (χ1) is 6.94.